The van der Waals surface area contributed by atoms with Crippen molar-refractivity contribution in [2.75, 3.05) is 6.61 Å². The maximum absolute atomic E-state index is 12.5. The molecular formula is C21H25N5O4. The Labute approximate surface area is 173 Å². The van der Waals surface area contributed by atoms with Gasteiger partial charge in [-0.2, -0.15) is 10.2 Å². The lowest BCUT2D eigenvalue weighted by molar-refractivity contribution is 0.211. The van der Waals surface area contributed by atoms with Crippen LogP contribution in [0.5, 0.6) is 5.75 Å². The van der Waals surface area contributed by atoms with Gasteiger partial charge in [-0.3, -0.25) is 9.48 Å². The first-order valence-corrected chi connectivity index (χ1v) is 9.67. The molecule has 0 fully saturated rings. The van der Waals surface area contributed by atoms with Gasteiger partial charge in [0.25, 0.3) is 0 Å². The van der Waals surface area contributed by atoms with E-state index in [4.69, 9.17) is 15.6 Å². The predicted molar refractivity (Wildman–Crippen MR) is 111 cm³/mol. The van der Waals surface area contributed by atoms with Gasteiger partial charge in [0.2, 0.25) is 5.43 Å². The molecule has 30 heavy (non-hydrogen) atoms. The second-order valence-corrected chi connectivity index (χ2v) is 7.38. The molecule has 9 nitrogen and oxygen atoms in total. The van der Waals surface area contributed by atoms with Crippen molar-refractivity contribution in [1.29, 1.82) is 0 Å². The molecule has 3 N–H and O–H groups in total. The zero-order valence-electron chi connectivity index (χ0n) is 17.0. The van der Waals surface area contributed by atoms with E-state index in [-0.39, 0.29) is 18.5 Å². The number of carbonyl (C=O) groups is 1. The summed E-state index contributed by atoms with van der Waals surface area (Å²) >= 11 is 0. The third-order valence-corrected chi connectivity index (χ3v) is 4.48. The van der Waals surface area contributed by atoms with E-state index in [9.17, 15) is 9.59 Å². The van der Waals surface area contributed by atoms with Gasteiger partial charge >= 0.3 is 6.09 Å². The average Bonchev–Trinajstić information content (AvgIpc) is 3.14. The summed E-state index contributed by atoms with van der Waals surface area (Å²) in [6, 6.07) is 6.75. The number of rotatable bonds is 8. The van der Waals surface area contributed by atoms with Crippen LogP contribution in [0.4, 0.5) is 4.79 Å². The normalized spacial score (nSPS) is 11.1. The highest BCUT2D eigenvalue weighted by atomic mass is 16.5. The fourth-order valence-corrected chi connectivity index (χ4v) is 3.17. The first-order chi connectivity index (χ1) is 14.4. The van der Waals surface area contributed by atoms with Gasteiger partial charge < -0.3 is 15.6 Å². The summed E-state index contributed by atoms with van der Waals surface area (Å²) in [6.45, 7) is 4.56. The highest BCUT2D eigenvalue weighted by molar-refractivity contribution is 5.68. The summed E-state index contributed by atoms with van der Waals surface area (Å²) < 4.78 is 8.18. The van der Waals surface area contributed by atoms with E-state index in [0.29, 0.717) is 29.6 Å². The molecule has 2 heterocycles. The van der Waals surface area contributed by atoms with Gasteiger partial charge in [-0.1, -0.05) is 19.9 Å². The van der Waals surface area contributed by atoms with E-state index in [1.165, 1.54) is 6.07 Å². The van der Waals surface area contributed by atoms with Gasteiger partial charge in [0.1, 0.15) is 17.1 Å². The summed E-state index contributed by atoms with van der Waals surface area (Å²) in [7, 11) is 0. The van der Waals surface area contributed by atoms with Gasteiger partial charge in [0.05, 0.1) is 25.5 Å². The lowest BCUT2D eigenvalue weighted by atomic mass is 9.95. The number of ether oxygens (including phenoxy) is 1. The van der Waals surface area contributed by atoms with E-state index in [2.05, 4.69) is 24.0 Å². The van der Waals surface area contributed by atoms with Crippen molar-refractivity contribution in [1.82, 2.24) is 19.6 Å². The molecule has 1 amide bonds. The number of aromatic nitrogens is 4. The van der Waals surface area contributed by atoms with Crippen LogP contribution in [0.1, 0.15) is 30.7 Å². The second-order valence-electron chi connectivity index (χ2n) is 7.38. The van der Waals surface area contributed by atoms with Crippen LogP contribution in [0.2, 0.25) is 0 Å². The largest absolute Gasteiger partial charge is 0.410 e. The fraction of sp³-hybridized carbons (Fsp3) is 0.333. The van der Waals surface area contributed by atoms with Crippen LogP contribution < -0.4 is 15.9 Å². The van der Waals surface area contributed by atoms with Gasteiger partial charge in [-0.25, -0.2) is 9.48 Å². The van der Waals surface area contributed by atoms with Crippen LogP contribution in [0.25, 0.3) is 5.69 Å². The molecule has 0 bridgehead atoms. The SMILES string of the molecule is CC(C)Cc1ccc(OC(N)=O)cc1Cc1nn(-c2cnn(CCO)c2)ccc1=O. The summed E-state index contributed by atoms with van der Waals surface area (Å²) in [5.74, 6) is 0.732. The third kappa shape index (κ3) is 5.32. The number of hydrogen-bond acceptors (Lipinski definition) is 6. The summed E-state index contributed by atoms with van der Waals surface area (Å²) in [5, 5.41) is 17.7. The molecule has 0 radical (unpaired) electrons. The van der Waals surface area contributed by atoms with E-state index in [1.807, 2.05) is 6.07 Å². The Bertz CT molecular complexity index is 1090. The molecule has 0 unspecified atom stereocenters. The predicted octanol–water partition coefficient (Wildman–Crippen LogP) is 1.67. The molecule has 158 valence electrons. The Kier molecular flexibility index (Phi) is 6.63. The molecule has 0 aliphatic rings. The molecule has 0 saturated heterocycles. The molecule has 2 aromatic heterocycles. The molecule has 3 rings (SSSR count). The standard InChI is InChI=1S/C21H25N5O4/c1-14(2)9-15-3-4-18(30-21(22)29)10-16(15)11-19-20(28)5-6-26(24-19)17-12-23-25(13-17)7-8-27/h3-6,10,12-14,27H,7-9,11H2,1-2H3,(H2,22,29). The maximum atomic E-state index is 12.5. The smallest absolute Gasteiger partial charge is 0.409 e. The molecule has 3 aromatic rings. The number of nitrogens with zero attached hydrogens (tertiary/aromatic N) is 4. The minimum Gasteiger partial charge on any atom is -0.410 e. The van der Waals surface area contributed by atoms with E-state index in [1.54, 1.807) is 40.1 Å². The maximum Gasteiger partial charge on any atom is 0.409 e. The van der Waals surface area contributed by atoms with Crippen LogP contribution in [-0.2, 0) is 19.4 Å². The Morgan fingerprint density at radius 1 is 1.27 bits per heavy atom. The third-order valence-electron chi connectivity index (χ3n) is 4.48. The first-order valence-electron chi connectivity index (χ1n) is 9.67. The Morgan fingerprint density at radius 2 is 2.07 bits per heavy atom. The number of hydrogen-bond donors (Lipinski definition) is 2. The van der Waals surface area contributed by atoms with Crippen molar-refractivity contribution in [2.24, 2.45) is 11.7 Å². The van der Waals surface area contributed by atoms with Crippen molar-refractivity contribution in [2.45, 2.75) is 33.2 Å². The van der Waals surface area contributed by atoms with Gasteiger partial charge in [-0.15, -0.1) is 0 Å². The molecule has 1 aromatic carbocycles. The van der Waals surface area contributed by atoms with Gasteiger partial charge in [-0.05, 0) is 35.6 Å². The van der Waals surface area contributed by atoms with E-state index in [0.717, 1.165) is 17.5 Å². The molecule has 0 aliphatic heterocycles. The molecule has 0 spiro atoms. The number of amides is 1. The Balaban J connectivity index is 1.95. The molecule has 0 saturated carbocycles. The van der Waals surface area contributed by atoms with Gasteiger partial charge in [0, 0.05) is 18.7 Å². The number of aliphatic hydroxyl groups is 1. The second kappa shape index (κ2) is 9.36. The number of carbonyl (C=O) groups excluding carboxylic acids is 1. The minimum absolute atomic E-state index is 0.0215. The van der Waals surface area contributed by atoms with E-state index < -0.39 is 6.09 Å². The zero-order valence-corrected chi connectivity index (χ0v) is 17.0. The van der Waals surface area contributed by atoms with Crippen molar-refractivity contribution in [3.63, 3.8) is 0 Å². The molecular weight excluding hydrogens is 386 g/mol. The van der Waals surface area contributed by atoms with Crippen molar-refractivity contribution in [3.8, 4) is 11.4 Å². The minimum atomic E-state index is -0.891. The summed E-state index contributed by atoms with van der Waals surface area (Å²) in [5.41, 5.74) is 7.87. The van der Waals surface area contributed by atoms with Crippen LogP contribution in [0.15, 0.2) is 47.7 Å². The number of aliphatic hydroxyl groups excluding tert-OH is 1. The van der Waals surface area contributed by atoms with Crippen LogP contribution in [0.3, 0.4) is 0 Å². The van der Waals surface area contributed by atoms with Crippen LogP contribution in [0, 0.1) is 5.92 Å². The highest BCUT2D eigenvalue weighted by Crippen LogP contribution is 2.22. The number of primary amides is 1. The number of benzene rings is 1. The topological polar surface area (TPSA) is 125 Å². The summed E-state index contributed by atoms with van der Waals surface area (Å²) in [4.78, 5) is 23.6. The monoisotopic (exact) mass is 411 g/mol. The van der Waals surface area contributed by atoms with Gasteiger partial charge in [0.15, 0.2) is 0 Å². The zero-order chi connectivity index (χ0) is 21.7. The van der Waals surface area contributed by atoms with Crippen LogP contribution in [-0.4, -0.2) is 37.4 Å². The lowest BCUT2D eigenvalue weighted by Gasteiger charge is -2.13. The van der Waals surface area contributed by atoms with E-state index >= 15 is 0 Å². The van der Waals surface area contributed by atoms with Crippen molar-refractivity contribution >= 4 is 6.09 Å². The molecule has 9 heteroatoms. The molecule has 0 aliphatic carbocycles. The summed E-state index contributed by atoms with van der Waals surface area (Å²) in [6.07, 6.45) is 5.13. The quantitative estimate of drug-likeness (QED) is 0.581. The lowest BCUT2D eigenvalue weighted by Crippen LogP contribution is -2.18. The first kappa shape index (κ1) is 21.3. The Morgan fingerprint density at radius 3 is 2.77 bits per heavy atom. The van der Waals surface area contributed by atoms with Crippen LogP contribution >= 0.6 is 0 Å². The fourth-order valence-electron chi connectivity index (χ4n) is 3.17. The van der Waals surface area contributed by atoms with Crippen molar-refractivity contribution < 1.29 is 14.6 Å². The Hall–Kier alpha value is -3.46. The molecule has 0 atom stereocenters. The average molecular weight is 411 g/mol. The highest BCUT2D eigenvalue weighted by Gasteiger charge is 2.13. The number of nitrogens with two attached hydrogens (primary N) is 1. The van der Waals surface area contributed by atoms with Crippen molar-refractivity contribution in [3.05, 3.63) is 69.9 Å².